The highest BCUT2D eigenvalue weighted by atomic mass is 15.5. The second kappa shape index (κ2) is 8.06. The molecule has 0 saturated heterocycles. The second-order valence-corrected chi connectivity index (χ2v) is 8.69. The molecule has 174 valence electrons. The maximum atomic E-state index is 5.08. The van der Waals surface area contributed by atoms with E-state index in [0.29, 0.717) is 0 Å². The van der Waals surface area contributed by atoms with E-state index in [2.05, 4.69) is 56.7 Å². The Labute approximate surface area is 207 Å². The van der Waals surface area contributed by atoms with Crippen molar-refractivity contribution in [3.8, 4) is 11.5 Å². The molecule has 0 bridgehead atoms. The zero-order chi connectivity index (χ0) is 24.1. The molecule has 2 aliphatic heterocycles. The van der Waals surface area contributed by atoms with Crippen LogP contribution in [-0.4, -0.2) is 36.5 Å². The summed E-state index contributed by atoms with van der Waals surface area (Å²) in [4.78, 5) is 11.6. The number of nitrogens with one attached hydrogen (secondary N) is 1. The molecule has 0 spiro atoms. The van der Waals surface area contributed by atoms with Crippen LogP contribution in [0.4, 0.5) is 11.4 Å². The van der Waals surface area contributed by atoms with Gasteiger partial charge in [-0.25, -0.2) is 19.3 Å². The van der Waals surface area contributed by atoms with Crippen molar-refractivity contribution >= 4 is 22.8 Å². The van der Waals surface area contributed by atoms with Crippen molar-refractivity contribution in [2.24, 2.45) is 4.99 Å². The highest BCUT2D eigenvalue weighted by Gasteiger charge is 2.37. The van der Waals surface area contributed by atoms with Crippen LogP contribution in [0.25, 0.3) is 17.2 Å². The normalized spacial score (nSPS) is 16.1. The van der Waals surface area contributed by atoms with E-state index in [4.69, 9.17) is 10.1 Å². The highest BCUT2D eigenvalue weighted by Crippen LogP contribution is 2.44. The Balaban J connectivity index is 1.50. The van der Waals surface area contributed by atoms with E-state index in [9.17, 15) is 0 Å². The molecule has 1 atom stereocenters. The lowest BCUT2D eigenvalue weighted by Gasteiger charge is -2.31. The minimum Gasteiger partial charge on any atom is -0.345 e. The first kappa shape index (κ1) is 20.4. The van der Waals surface area contributed by atoms with E-state index < -0.39 is 0 Å². The number of benzene rings is 3. The molecule has 1 unspecified atom stereocenters. The standard InChI is InChI=1S/C28H22N8/c1-19-26(27(34-18-29-17-30-34)36(33-19)21-12-6-3-7-13-21)25-16-23(20-10-4-2-5-11-20)32-28-31-22-14-8-9-15-24(22)35(25)28/h2-18,28,31H,1H3. The lowest BCUT2D eigenvalue weighted by Crippen LogP contribution is -2.37. The fraction of sp³-hybridized carbons (Fsp3) is 0.0714. The molecule has 0 fully saturated rings. The molecule has 2 aromatic heterocycles. The van der Waals surface area contributed by atoms with Crippen molar-refractivity contribution in [1.29, 1.82) is 0 Å². The maximum absolute atomic E-state index is 5.08. The van der Waals surface area contributed by atoms with Crippen LogP contribution in [0.15, 0.2) is 109 Å². The van der Waals surface area contributed by atoms with Gasteiger partial charge in [0.05, 0.1) is 39.7 Å². The number of nitrogens with zero attached hydrogens (tertiary/aromatic N) is 7. The van der Waals surface area contributed by atoms with Crippen molar-refractivity contribution in [1.82, 2.24) is 24.5 Å². The van der Waals surface area contributed by atoms with Gasteiger partial charge >= 0.3 is 0 Å². The lowest BCUT2D eigenvalue weighted by atomic mass is 10.0. The van der Waals surface area contributed by atoms with Gasteiger partial charge in [-0.3, -0.25) is 4.90 Å². The topological polar surface area (TPSA) is 76.2 Å². The van der Waals surface area contributed by atoms with Crippen molar-refractivity contribution in [2.75, 3.05) is 10.2 Å². The number of hydrogen-bond donors (Lipinski definition) is 1. The Morgan fingerprint density at radius 1 is 0.861 bits per heavy atom. The number of para-hydroxylation sites is 3. The minimum atomic E-state index is -0.277. The Kier molecular flexibility index (Phi) is 4.56. The van der Waals surface area contributed by atoms with E-state index >= 15 is 0 Å². The summed E-state index contributed by atoms with van der Waals surface area (Å²) in [6.07, 6.45) is 5.13. The molecule has 8 heteroatoms. The third-order valence-electron chi connectivity index (χ3n) is 6.49. The van der Waals surface area contributed by atoms with Crippen LogP contribution in [0.2, 0.25) is 0 Å². The van der Waals surface area contributed by atoms with Crippen molar-refractivity contribution in [3.63, 3.8) is 0 Å². The molecule has 5 aromatic rings. The predicted octanol–water partition coefficient (Wildman–Crippen LogP) is 4.82. The number of aryl methyl sites for hydroxylation is 1. The summed E-state index contributed by atoms with van der Waals surface area (Å²) in [6, 6.07) is 28.6. The lowest BCUT2D eigenvalue weighted by molar-refractivity contribution is 0.757. The van der Waals surface area contributed by atoms with Gasteiger partial charge in [0.15, 0.2) is 5.82 Å². The molecule has 2 aliphatic rings. The Bertz CT molecular complexity index is 1620. The van der Waals surface area contributed by atoms with E-state index in [1.54, 1.807) is 17.3 Å². The average molecular weight is 471 g/mol. The van der Waals surface area contributed by atoms with Gasteiger partial charge in [-0.05, 0) is 42.8 Å². The third kappa shape index (κ3) is 3.15. The molecule has 8 nitrogen and oxygen atoms in total. The van der Waals surface area contributed by atoms with Crippen molar-refractivity contribution in [3.05, 3.63) is 120 Å². The zero-order valence-electron chi connectivity index (χ0n) is 19.5. The second-order valence-electron chi connectivity index (χ2n) is 8.69. The number of aliphatic imine (C=N–C) groups is 1. The number of hydrogen-bond acceptors (Lipinski definition) is 6. The molecule has 0 amide bonds. The van der Waals surface area contributed by atoms with E-state index in [-0.39, 0.29) is 6.29 Å². The molecule has 1 N–H and O–H groups in total. The predicted molar refractivity (Wildman–Crippen MR) is 141 cm³/mol. The number of fused-ring (bicyclic) bond motifs is 3. The smallest absolute Gasteiger partial charge is 0.201 e. The van der Waals surface area contributed by atoms with Crippen LogP contribution in [0.5, 0.6) is 0 Å². The SMILES string of the molecule is Cc1nn(-c2ccccc2)c(-n2cncn2)c1C1=CC(c2ccccc2)=NC2Nc3ccccc3N12. The Hall–Kier alpha value is -4.98. The largest absolute Gasteiger partial charge is 0.345 e. The van der Waals surface area contributed by atoms with Crippen LogP contribution in [0, 0.1) is 6.92 Å². The number of anilines is 2. The van der Waals surface area contributed by atoms with Gasteiger partial charge in [-0.15, -0.1) is 0 Å². The average Bonchev–Trinajstić information content (AvgIpc) is 3.66. The van der Waals surface area contributed by atoms with Gasteiger partial charge in [-0.2, -0.15) is 10.2 Å². The monoisotopic (exact) mass is 470 g/mol. The molecule has 3 aromatic carbocycles. The van der Waals surface area contributed by atoms with Crippen molar-refractivity contribution in [2.45, 2.75) is 13.2 Å². The van der Waals surface area contributed by atoms with E-state index in [1.807, 2.05) is 66.2 Å². The van der Waals surface area contributed by atoms with Crippen LogP contribution in [0.1, 0.15) is 16.8 Å². The minimum absolute atomic E-state index is 0.277. The van der Waals surface area contributed by atoms with E-state index in [1.165, 1.54) is 0 Å². The summed E-state index contributed by atoms with van der Waals surface area (Å²) >= 11 is 0. The van der Waals surface area contributed by atoms with Gasteiger partial charge < -0.3 is 5.32 Å². The zero-order valence-corrected chi connectivity index (χ0v) is 19.5. The molecule has 0 radical (unpaired) electrons. The molecule has 4 heterocycles. The maximum Gasteiger partial charge on any atom is 0.201 e. The molecular formula is C28H22N8. The first-order valence-corrected chi connectivity index (χ1v) is 11.8. The van der Waals surface area contributed by atoms with Gasteiger partial charge in [0.25, 0.3) is 0 Å². The Morgan fingerprint density at radius 2 is 1.61 bits per heavy atom. The van der Waals surface area contributed by atoms with Crippen LogP contribution >= 0.6 is 0 Å². The van der Waals surface area contributed by atoms with Crippen LogP contribution in [0.3, 0.4) is 0 Å². The molecule has 0 saturated carbocycles. The summed E-state index contributed by atoms with van der Waals surface area (Å²) in [5, 5.41) is 13.1. The van der Waals surface area contributed by atoms with Gasteiger partial charge in [-0.1, -0.05) is 60.7 Å². The van der Waals surface area contributed by atoms with Gasteiger partial charge in [0, 0.05) is 0 Å². The first-order chi connectivity index (χ1) is 17.8. The molecule has 36 heavy (non-hydrogen) atoms. The summed E-state index contributed by atoms with van der Waals surface area (Å²) < 4.78 is 3.71. The summed E-state index contributed by atoms with van der Waals surface area (Å²) in [7, 11) is 0. The molecule has 7 rings (SSSR count). The third-order valence-corrected chi connectivity index (χ3v) is 6.49. The fourth-order valence-corrected chi connectivity index (χ4v) is 4.91. The quantitative estimate of drug-likeness (QED) is 0.408. The first-order valence-electron chi connectivity index (χ1n) is 11.8. The van der Waals surface area contributed by atoms with Crippen LogP contribution < -0.4 is 10.2 Å². The molecule has 0 aliphatic carbocycles. The van der Waals surface area contributed by atoms with Gasteiger partial charge in [0.1, 0.15) is 12.7 Å². The number of rotatable bonds is 4. The van der Waals surface area contributed by atoms with E-state index in [0.717, 1.165) is 51.1 Å². The van der Waals surface area contributed by atoms with Crippen molar-refractivity contribution < 1.29 is 0 Å². The number of allylic oxidation sites excluding steroid dienone is 1. The van der Waals surface area contributed by atoms with Gasteiger partial charge in [0.2, 0.25) is 6.29 Å². The highest BCUT2D eigenvalue weighted by molar-refractivity contribution is 6.16. The van der Waals surface area contributed by atoms with Crippen LogP contribution in [-0.2, 0) is 0 Å². The Morgan fingerprint density at radius 3 is 2.39 bits per heavy atom. The number of aromatic nitrogens is 5. The summed E-state index contributed by atoms with van der Waals surface area (Å²) in [6.45, 7) is 2.04. The molecular weight excluding hydrogens is 448 g/mol. The fourth-order valence-electron chi connectivity index (χ4n) is 4.91. The summed E-state index contributed by atoms with van der Waals surface area (Å²) in [5.74, 6) is 0.819. The summed E-state index contributed by atoms with van der Waals surface area (Å²) in [5.41, 5.74) is 7.87.